The summed E-state index contributed by atoms with van der Waals surface area (Å²) in [6, 6.07) is 6.14. The highest BCUT2D eigenvalue weighted by molar-refractivity contribution is 5.76. The fourth-order valence-corrected chi connectivity index (χ4v) is 2.54. The molecule has 0 aliphatic carbocycles. The first-order chi connectivity index (χ1) is 8.19. The molecule has 0 unspecified atom stereocenters. The first-order valence-electron chi connectivity index (χ1n) is 6.26. The van der Waals surface area contributed by atoms with Crippen LogP contribution in [0, 0.1) is 6.92 Å². The summed E-state index contributed by atoms with van der Waals surface area (Å²) in [6.07, 6.45) is 2.19. The molecule has 3 heteroatoms. The van der Waals surface area contributed by atoms with Gasteiger partial charge in [-0.2, -0.15) is 0 Å². The molecule has 90 valence electrons. The summed E-state index contributed by atoms with van der Waals surface area (Å²) in [5.74, 6) is 0.906. The lowest BCUT2D eigenvalue weighted by atomic mass is 9.81. The Bertz CT molecular complexity index is 538. The van der Waals surface area contributed by atoms with Crippen LogP contribution in [0.15, 0.2) is 22.6 Å². The number of aryl methyl sites for hydroxylation is 1. The Morgan fingerprint density at radius 2 is 2.06 bits per heavy atom. The third-order valence-corrected chi connectivity index (χ3v) is 3.84. The Labute approximate surface area is 101 Å². The van der Waals surface area contributed by atoms with Gasteiger partial charge in [-0.15, -0.1) is 0 Å². The number of nitrogens with zero attached hydrogens (tertiary/aromatic N) is 1. The standard InChI is InChI=1S/C14H18N2O/c1-10-4-3-5-11-12(10)17-13(16-11)14(2)6-8-15-9-7-14/h3-5,15H,6-9H2,1-2H3. The second-order valence-electron chi connectivity index (χ2n) is 5.25. The van der Waals surface area contributed by atoms with Crippen LogP contribution in [0.5, 0.6) is 0 Å². The average Bonchev–Trinajstić information content (AvgIpc) is 2.76. The van der Waals surface area contributed by atoms with Gasteiger partial charge in [-0.1, -0.05) is 19.1 Å². The molecule has 1 N–H and O–H groups in total. The summed E-state index contributed by atoms with van der Waals surface area (Å²) in [4.78, 5) is 4.67. The van der Waals surface area contributed by atoms with E-state index in [2.05, 4.69) is 30.2 Å². The molecule has 2 aromatic rings. The molecule has 3 rings (SSSR count). The topological polar surface area (TPSA) is 38.1 Å². The first-order valence-corrected chi connectivity index (χ1v) is 6.26. The highest BCUT2D eigenvalue weighted by atomic mass is 16.3. The van der Waals surface area contributed by atoms with E-state index in [1.54, 1.807) is 0 Å². The van der Waals surface area contributed by atoms with Gasteiger partial charge in [0.25, 0.3) is 0 Å². The number of aromatic nitrogens is 1. The zero-order chi connectivity index (χ0) is 11.9. The Balaban J connectivity index is 2.08. The predicted octanol–water partition coefficient (Wildman–Crippen LogP) is 2.78. The van der Waals surface area contributed by atoms with E-state index in [4.69, 9.17) is 4.42 Å². The number of nitrogens with one attached hydrogen (secondary N) is 1. The van der Waals surface area contributed by atoms with Gasteiger partial charge in [0.15, 0.2) is 5.58 Å². The predicted molar refractivity (Wildman–Crippen MR) is 68.2 cm³/mol. The van der Waals surface area contributed by atoms with E-state index in [9.17, 15) is 0 Å². The second kappa shape index (κ2) is 3.84. The van der Waals surface area contributed by atoms with Crippen molar-refractivity contribution in [2.45, 2.75) is 32.1 Å². The molecule has 0 atom stereocenters. The monoisotopic (exact) mass is 230 g/mol. The van der Waals surface area contributed by atoms with Gasteiger partial charge >= 0.3 is 0 Å². The summed E-state index contributed by atoms with van der Waals surface area (Å²) >= 11 is 0. The zero-order valence-corrected chi connectivity index (χ0v) is 10.4. The molecule has 0 radical (unpaired) electrons. The lowest BCUT2D eigenvalue weighted by Crippen LogP contribution is -2.37. The molecule has 0 saturated carbocycles. The number of benzene rings is 1. The third kappa shape index (κ3) is 1.75. The van der Waals surface area contributed by atoms with Crippen LogP contribution in [-0.4, -0.2) is 18.1 Å². The van der Waals surface area contributed by atoms with Gasteiger partial charge in [0.05, 0.1) is 0 Å². The van der Waals surface area contributed by atoms with E-state index in [1.165, 1.54) is 5.56 Å². The Hall–Kier alpha value is -1.35. The van der Waals surface area contributed by atoms with Crippen LogP contribution in [0.1, 0.15) is 31.2 Å². The van der Waals surface area contributed by atoms with Crippen LogP contribution in [0.3, 0.4) is 0 Å². The number of rotatable bonds is 1. The summed E-state index contributed by atoms with van der Waals surface area (Å²) in [7, 11) is 0. The molecule has 2 heterocycles. The van der Waals surface area contributed by atoms with Crippen LogP contribution < -0.4 is 5.32 Å². The molecular formula is C14H18N2O. The maximum Gasteiger partial charge on any atom is 0.201 e. The van der Waals surface area contributed by atoms with Crippen molar-refractivity contribution < 1.29 is 4.42 Å². The molecule has 1 aliphatic heterocycles. The van der Waals surface area contributed by atoms with Crippen molar-refractivity contribution in [1.29, 1.82) is 0 Å². The third-order valence-electron chi connectivity index (χ3n) is 3.84. The number of para-hydroxylation sites is 1. The number of oxazole rings is 1. The minimum absolute atomic E-state index is 0.0940. The number of fused-ring (bicyclic) bond motifs is 1. The quantitative estimate of drug-likeness (QED) is 0.818. The SMILES string of the molecule is Cc1cccc2nc(C3(C)CCNCC3)oc12. The van der Waals surface area contributed by atoms with Gasteiger partial charge in [-0.25, -0.2) is 4.98 Å². The normalized spacial score (nSPS) is 19.6. The van der Waals surface area contributed by atoms with Crippen LogP contribution in [0.4, 0.5) is 0 Å². The summed E-state index contributed by atoms with van der Waals surface area (Å²) in [5, 5.41) is 3.39. The Morgan fingerprint density at radius 1 is 1.29 bits per heavy atom. The fourth-order valence-electron chi connectivity index (χ4n) is 2.54. The second-order valence-corrected chi connectivity index (χ2v) is 5.25. The van der Waals surface area contributed by atoms with E-state index in [-0.39, 0.29) is 5.41 Å². The lowest BCUT2D eigenvalue weighted by Gasteiger charge is -2.30. The van der Waals surface area contributed by atoms with Crippen LogP contribution >= 0.6 is 0 Å². The van der Waals surface area contributed by atoms with Crippen molar-refractivity contribution in [2.24, 2.45) is 0 Å². The number of hydrogen-bond donors (Lipinski definition) is 1. The highest BCUT2D eigenvalue weighted by Gasteiger charge is 2.33. The molecule has 1 aromatic heterocycles. The largest absolute Gasteiger partial charge is 0.440 e. The molecule has 17 heavy (non-hydrogen) atoms. The fraction of sp³-hybridized carbons (Fsp3) is 0.500. The highest BCUT2D eigenvalue weighted by Crippen LogP contribution is 2.34. The van der Waals surface area contributed by atoms with Crippen LogP contribution in [-0.2, 0) is 5.41 Å². The average molecular weight is 230 g/mol. The summed E-state index contributed by atoms with van der Waals surface area (Å²) < 4.78 is 6.00. The maximum absolute atomic E-state index is 6.00. The van der Waals surface area contributed by atoms with E-state index < -0.39 is 0 Å². The first kappa shape index (κ1) is 10.8. The Morgan fingerprint density at radius 3 is 2.76 bits per heavy atom. The van der Waals surface area contributed by atoms with E-state index >= 15 is 0 Å². The minimum Gasteiger partial charge on any atom is -0.440 e. The van der Waals surface area contributed by atoms with Gasteiger partial charge in [-0.3, -0.25) is 0 Å². The lowest BCUT2D eigenvalue weighted by molar-refractivity contribution is 0.274. The van der Waals surface area contributed by atoms with Crippen molar-refractivity contribution in [1.82, 2.24) is 10.3 Å². The minimum atomic E-state index is 0.0940. The van der Waals surface area contributed by atoms with E-state index in [0.717, 1.165) is 42.9 Å². The van der Waals surface area contributed by atoms with Crippen molar-refractivity contribution in [2.75, 3.05) is 13.1 Å². The van der Waals surface area contributed by atoms with Gasteiger partial charge in [-0.05, 0) is 44.5 Å². The molecular weight excluding hydrogens is 212 g/mol. The Kier molecular flexibility index (Phi) is 2.44. The van der Waals surface area contributed by atoms with E-state index in [0.29, 0.717) is 0 Å². The van der Waals surface area contributed by atoms with Gasteiger partial charge in [0.2, 0.25) is 5.89 Å². The smallest absolute Gasteiger partial charge is 0.201 e. The summed E-state index contributed by atoms with van der Waals surface area (Å²) in [6.45, 7) is 6.43. The molecule has 0 amide bonds. The van der Waals surface area contributed by atoms with Gasteiger partial charge in [0.1, 0.15) is 5.52 Å². The zero-order valence-electron chi connectivity index (χ0n) is 10.4. The molecule has 1 saturated heterocycles. The van der Waals surface area contributed by atoms with Crippen LogP contribution in [0.25, 0.3) is 11.1 Å². The van der Waals surface area contributed by atoms with Crippen molar-refractivity contribution in [3.63, 3.8) is 0 Å². The van der Waals surface area contributed by atoms with Crippen LogP contribution in [0.2, 0.25) is 0 Å². The number of hydrogen-bond acceptors (Lipinski definition) is 3. The van der Waals surface area contributed by atoms with Crippen molar-refractivity contribution in [3.05, 3.63) is 29.7 Å². The molecule has 3 nitrogen and oxygen atoms in total. The molecule has 0 spiro atoms. The summed E-state index contributed by atoms with van der Waals surface area (Å²) in [5.41, 5.74) is 3.19. The molecule has 1 fully saturated rings. The van der Waals surface area contributed by atoms with Gasteiger partial charge in [0, 0.05) is 5.41 Å². The van der Waals surface area contributed by atoms with E-state index in [1.807, 2.05) is 12.1 Å². The maximum atomic E-state index is 6.00. The molecule has 0 bridgehead atoms. The van der Waals surface area contributed by atoms with Crippen molar-refractivity contribution in [3.8, 4) is 0 Å². The molecule has 1 aromatic carbocycles. The molecule has 1 aliphatic rings. The number of piperidine rings is 1. The van der Waals surface area contributed by atoms with Crippen molar-refractivity contribution >= 4 is 11.1 Å². The van der Waals surface area contributed by atoms with Gasteiger partial charge < -0.3 is 9.73 Å².